The molecule has 1 aromatic carbocycles. The summed E-state index contributed by atoms with van der Waals surface area (Å²) in [7, 11) is 1.56. The van der Waals surface area contributed by atoms with E-state index < -0.39 is 0 Å². The number of ether oxygens (including phenoxy) is 2. The third-order valence-electron chi connectivity index (χ3n) is 2.07. The molecule has 0 aliphatic heterocycles. The normalized spacial score (nSPS) is 10.1. The van der Waals surface area contributed by atoms with Gasteiger partial charge in [-0.1, -0.05) is 30.3 Å². The molecular weight excluding hydrogens is 206 g/mol. The van der Waals surface area contributed by atoms with Crippen molar-refractivity contribution in [2.24, 2.45) is 0 Å². The molecule has 0 aliphatic rings. The van der Waals surface area contributed by atoms with Crippen molar-refractivity contribution in [3.63, 3.8) is 0 Å². The summed E-state index contributed by atoms with van der Waals surface area (Å²) >= 11 is 0. The van der Waals surface area contributed by atoms with Gasteiger partial charge >= 0.3 is 6.08 Å². The van der Waals surface area contributed by atoms with Gasteiger partial charge < -0.3 is 13.9 Å². The number of rotatable bonds is 4. The van der Waals surface area contributed by atoms with E-state index in [-0.39, 0.29) is 6.08 Å². The van der Waals surface area contributed by atoms with Crippen LogP contribution in [0.5, 0.6) is 12.0 Å². The molecule has 0 radical (unpaired) electrons. The van der Waals surface area contributed by atoms with Gasteiger partial charge in [-0.2, -0.15) is 0 Å². The Hall–Kier alpha value is -1.97. The van der Waals surface area contributed by atoms with Crippen molar-refractivity contribution >= 4 is 0 Å². The summed E-state index contributed by atoms with van der Waals surface area (Å²) in [6.07, 6.45) is 0.234. The Morgan fingerprint density at radius 3 is 2.62 bits per heavy atom. The zero-order valence-electron chi connectivity index (χ0n) is 9.27. The van der Waals surface area contributed by atoms with Crippen molar-refractivity contribution in [1.29, 1.82) is 0 Å². The van der Waals surface area contributed by atoms with Crippen LogP contribution in [0.15, 0.2) is 34.7 Å². The maximum absolute atomic E-state index is 5.47. The summed E-state index contributed by atoms with van der Waals surface area (Å²) in [6, 6.07) is 9.66. The number of hydrogen-bond donors (Lipinski definition) is 0. The Labute approximate surface area is 93.8 Å². The van der Waals surface area contributed by atoms with Crippen molar-refractivity contribution < 1.29 is 13.9 Å². The first kappa shape index (κ1) is 10.5. The van der Waals surface area contributed by atoms with Gasteiger partial charge in [0, 0.05) is 5.56 Å². The highest BCUT2D eigenvalue weighted by atomic mass is 16.6. The van der Waals surface area contributed by atoms with Crippen molar-refractivity contribution in [3.8, 4) is 23.3 Å². The van der Waals surface area contributed by atoms with Gasteiger partial charge in [0.2, 0.25) is 5.76 Å². The highest BCUT2D eigenvalue weighted by Gasteiger charge is 2.16. The van der Waals surface area contributed by atoms with E-state index in [1.165, 1.54) is 0 Å². The summed E-state index contributed by atoms with van der Waals surface area (Å²) in [5.74, 6) is 1.03. The van der Waals surface area contributed by atoms with E-state index in [1.54, 1.807) is 7.11 Å². The lowest BCUT2D eigenvalue weighted by Crippen LogP contribution is -1.91. The Bertz CT molecular complexity index is 451. The molecule has 1 heterocycles. The molecule has 0 saturated carbocycles. The predicted octanol–water partition coefficient (Wildman–Crippen LogP) is 2.75. The van der Waals surface area contributed by atoms with Crippen LogP contribution in [0.2, 0.25) is 0 Å². The number of methoxy groups -OCH3 is 1. The molecule has 0 saturated heterocycles. The Morgan fingerprint density at radius 2 is 2.00 bits per heavy atom. The van der Waals surface area contributed by atoms with Crippen molar-refractivity contribution in [1.82, 2.24) is 4.98 Å². The second-order valence-electron chi connectivity index (χ2n) is 3.12. The van der Waals surface area contributed by atoms with Crippen LogP contribution >= 0.6 is 0 Å². The van der Waals surface area contributed by atoms with Gasteiger partial charge in [0.15, 0.2) is 0 Å². The topological polar surface area (TPSA) is 44.5 Å². The zero-order chi connectivity index (χ0) is 11.4. The van der Waals surface area contributed by atoms with Crippen molar-refractivity contribution in [2.75, 3.05) is 13.7 Å². The second kappa shape index (κ2) is 4.70. The number of oxazole rings is 1. The van der Waals surface area contributed by atoms with Crippen molar-refractivity contribution in [3.05, 3.63) is 30.3 Å². The van der Waals surface area contributed by atoms with Gasteiger partial charge in [-0.15, -0.1) is 4.98 Å². The minimum Gasteiger partial charge on any atom is -0.478 e. The van der Waals surface area contributed by atoms with Crippen LogP contribution in [0.4, 0.5) is 0 Å². The number of nitrogens with zero attached hydrogens (tertiary/aromatic N) is 1. The SMILES string of the molecule is CCOc1nc(OC)c(-c2ccccc2)o1. The molecule has 4 heteroatoms. The van der Waals surface area contributed by atoms with Gasteiger partial charge in [0.05, 0.1) is 13.7 Å². The third-order valence-corrected chi connectivity index (χ3v) is 2.07. The standard InChI is InChI=1S/C12H13NO3/c1-3-15-12-13-11(14-2)10(16-12)9-7-5-4-6-8-9/h4-8H,3H2,1-2H3. The molecule has 2 rings (SSSR count). The van der Waals surface area contributed by atoms with Gasteiger partial charge in [0.1, 0.15) is 0 Å². The molecule has 16 heavy (non-hydrogen) atoms. The van der Waals surface area contributed by atoms with Crippen molar-refractivity contribution in [2.45, 2.75) is 6.92 Å². The van der Waals surface area contributed by atoms with Crippen LogP contribution in [0.25, 0.3) is 11.3 Å². The first-order chi connectivity index (χ1) is 7.85. The molecule has 0 amide bonds. The number of hydrogen-bond acceptors (Lipinski definition) is 4. The Kier molecular flexibility index (Phi) is 3.10. The van der Waals surface area contributed by atoms with Crippen LogP contribution in [0.3, 0.4) is 0 Å². The van der Waals surface area contributed by atoms with Crippen LogP contribution < -0.4 is 9.47 Å². The molecule has 0 aliphatic carbocycles. The zero-order valence-corrected chi connectivity index (χ0v) is 9.27. The monoisotopic (exact) mass is 219 g/mol. The fourth-order valence-corrected chi connectivity index (χ4v) is 1.38. The van der Waals surface area contributed by atoms with E-state index in [4.69, 9.17) is 13.9 Å². The van der Waals surface area contributed by atoms with E-state index in [1.807, 2.05) is 37.3 Å². The van der Waals surface area contributed by atoms with Crippen LogP contribution in [-0.4, -0.2) is 18.7 Å². The summed E-state index contributed by atoms with van der Waals surface area (Å²) in [4.78, 5) is 4.08. The molecule has 0 unspecified atom stereocenters. The molecule has 0 N–H and O–H groups in total. The highest BCUT2D eigenvalue weighted by molar-refractivity contribution is 5.62. The minimum atomic E-state index is 0.234. The molecule has 0 bridgehead atoms. The summed E-state index contributed by atoms with van der Waals surface area (Å²) in [5.41, 5.74) is 0.915. The largest absolute Gasteiger partial charge is 0.478 e. The average Bonchev–Trinajstić information content (AvgIpc) is 2.74. The van der Waals surface area contributed by atoms with Crippen LogP contribution in [0, 0.1) is 0 Å². The Balaban J connectivity index is 2.39. The van der Waals surface area contributed by atoms with E-state index in [9.17, 15) is 0 Å². The fraction of sp³-hybridized carbons (Fsp3) is 0.250. The summed E-state index contributed by atoms with van der Waals surface area (Å²) in [5, 5.41) is 0. The van der Waals surface area contributed by atoms with E-state index in [0.717, 1.165) is 5.56 Å². The van der Waals surface area contributed by atoms with Crippen LogP contribution in [0.1, 0.15) is 6.92 Å². The van der Waals surface area contributed by atoms with E-state index in [0.29, 0.717) is 18.2 Å². The lowest BCUT2D eigenvalue weighted by atomic mass is 10.2. The maximum Gasteiger partial charge on any atom is 0.397 e. The lowest BCUT2D eigenvalue weighted by molar-refractivity contribution is 0.246. The Morgan fingerprint density at radius 1 is 1.25 bits per heavy atom. The first-order valence-corrected chi connectivity index (χ1v) is 5.08. The average molecular weight is 219 g/mol. The molecule has 0 atom stereocenters. The van der Waals surface area contributed by atoms with Crippen LogP contribution in [-0.2, 0) is 0 Å². The summed E-state index contributed by atoms with van der Waals surface area (Å²) < 4.78 is 15.8. The van der Waals surface area contributed by atoms with E-state index in [2.05, 4.69) is 4.98 Å². The quantitative estimate of drug-likeness (QED) is 0.793. The third kappa shape index (κ3) is 2.00. The molecule has 1 aromatic heterocycles. The summed E-state index contributed by atoms with van der Waals surface area (Å²) in [6.45, 7) is 2.39. The van der Waals surface area contributed by atoms with Gasteiger partial charge in [-0.3, -0.25) is 0 Å². The van der Waals surface area contributed by atoms with E-state index >= 15 is 0 Å². The smallest absolute Gasteiger partial charge is 0.397 e. The second-order valence-corrected chi connectivity index (χ2v) is 3.12. The molecule has 0 fully saturated rings. The molecular formula is C12H13NO3. The minimum absolute atomic E-state index is 0.234. The molecule has 4 nitrogen and oxygen atoms in total. The molecule has 2 aromatic rings. The van der Waals surface area contributed by atoms with Gasteiger partial charge in [-0.25, -0.2) is 0 Å². The first-order valence-electron chi connectivity index (χ1n) is 5.08. The number of aromatic nitrogens is 1. The lowest BCUT2D eigenvalue weighted by Gasteiger charge is -1.97. The highest BCUT2D eigenvalue weighted by Crippen LogP contribution is 2.33. The molecule has 84 valence electrons. The number of benzene rings is 1. The van der Waals surface area contributed by atoms with Gasteiger partial charge in [0.25, 0.3) is 5.88 Å². The van der Waals surface area contributed by atoms with Gasteiger partial charge in [-0.05, 0) is 6.92 Å². The predicted molar refractivity (Wildman–Crippen MR) is 59.7 cm³/mol. The fourth-order valence-electron chi connectivity index (χ4n) is 1.38. The maximum atomic E-state index is 5.47. The molecule has 0 spiro atoms.